The Morgan fingerprint density at radius 2 is 2.20 bits per heavy atom. The van der Waals surface area contributed by atoms with E-state index in [1.54, 1.807) is 54.3 Å². The number of carbonyl (C=O) groups excluding carboxylic acids is 1. The average molecular weight is 273 g/mol. The average Bonchev–Trinajstić information content (AvgIpc) is 2.91. The molecule has 0 saturated carbocycles. The number of carbonyl (C=O) groups is 2. The lowest BCUT2D eigenvalue weighted by atomic mass is 10.1. The summed E-state index contributed by atoms with van der Waals surface area (Å²) in [4.78, 5) is 22.7. The molecule has 6 heteroatoms. The van der Waals surface area contributed by atoms with E-state index < -0.39 is 12.0 Å². The summed E-state index contributed by atoms with van der Waals surface area (Å²) in [5.74, 6) is -1.11. The Balaban J connectivity index is 2.06. The molecule has 2 aromatic rings. The van der Waals surface area contributed by atoms with Gasteiger partial charge in [0.1, 0.15) is 6.04 Å². The minimum atomic E-state index is -0.904. The number of benzene rings is 1. The molecule has 1 unspecified atom stereocenters. The fourth-order valence-corrected chi connectivity index (χ4v) is 1.81. The van der Waals surface area contributed by atoms with Gasteiger partial charge < -0.3 is 10.4 Å². The molecular weight excluding hydrogens is 258 g/mol. The first-order valence-electron chi connectivity index (χ1n) is 6.17. The minimum absolute atomic E-state index is 0.0710. The topological polar surface area (TPSA) is 84.2 Å². The van der Waals surface area contributed by atoms with E-state index in [1.165, 1.54) is 0 Å². The summed E-state index contributed by atoms with van der Waals surface area (Å²) < 4.78 is 1.55. The molecule has 6 nitrogen and oxygen atoms in total. The Bertz CT molecular complexity index is 608. The first kappa shape index (κ1) is 13.8. The van der Waals surface area contributed by atoms with Gasteiger partial charge in [-0.2, -0.15) is 5.10 Å². The van der Waals surface area contributed by atoms with E-state index >= 15 is 0 Å². The van der Waals surface area contributed by atoms with Crippen molar-refractivity contribution in [2.24, 2.45) is 0 Å². The molecule has 20 heavy (non-hydrogen) atoms. The maximum atomic E-state index is 12.1. The standard InChI is InChI=1S/C14H15N3O3/c1-10(17-7-3-6-15-17)14(20)16-12-5-2-4-11(8-12)9-13(18)19/h2-8,10H,9H2,1H3,(H,16,20)(H,18,19). The van der Waals surface area contributed by atoms with E-state index in [9.17, 15) is 9.59 Å². The molecular formula is C14H15N3O3. The van der Waals surface area contributed by atoms with Crippen molar-refractivity contribution in [2.45, 2.75) is 19.4 Å². The highest BCUT2D eigenvalue weighted by Gasteiger charge is 2.15. The van der Waals surface area contributed by atoms with Crippen molar-refractivity contribution in [1.29, 1.82) is 0 Å². The Morgan fingerprint density at radius 3 is 2.85 bits per heavy atom. The van der Waals surface area contributed by atoms with Crippen LogP contribution in [0.5, 0.6) is 0 Å². The highest BCUT2D eigenvalue weighted by atomic mass is 16.4. The normalized spacial score (nSPS) is 11.8. The van der Waals surface area contributed by atoms with Gasteiger partial charge in [0, 0.05) is 18.1 Å². The van der Waals surface area contributed by atoms with Gasteiger partial charge in [0.25, 0.3) is 0 Å². The SMILES string of the molecule is CC(C(=O)Nc1cccc(CC(=O)O)c1)n1cccn1. The van der Waals surface area contributed by atoms with Crippen molar-refractivity contribution in [3.8, 4) is 0 Å². The number of nitrogens with one attached hydrogen (secondary N) is 1. The molecule has 1 atom stereocenters. The van der Waals surface area contributed by atoms with E-state index in [2.05, 4.69) is 10.4 Å². The van der Waals surface area contributed by atoms with Gasteiger partial charge >= 0.3 is 5.97 Å². The number of hydrogen-bond acceptors (Lipinski definition) is 3. The van der Waals surface area contributed by atoms with Gasteiger partial charge in [0.2, 0.25) is 5.91 Å². The molecule has 0 aliphatic heterocycles. The fraction of sp³-hybridized carbons (Fsp3) is 0.214. The summed E-state index contributed by atoms with van der Waals surface area (Å²) in [5, 5.41) is 15.5. The van der Waals surface area contributed by atoms with Crippen LogP contribution in [0.2, 0.25) is 0 Å². The van der Waals surface area contributed by atoms with Crippen molar-refractivity contribution < 1.29 is 14.7 Å². The zero-order valence-electron chi connectivity index (χ0n) is 11.0. The summed E-state index contributed by atoms with van der Waals surface area (Å²) in [6.45, 7) is 1.74. The molecule has 104 valence electrons. The molecule has 0 spiro atoms. The second-order valence-electron chi connectivity index (χ2n) is 4.42. The van der Waals surface area contributed by atoms with Crippen LogP contribution in [0.25, 0.3) is 0 Å². The Hall–Kier alpha value is -2.63. The van der Waals surface area contributed by atoms with Crippen LogP contribution in [0.1, 0.15) is 18.5 Å². The third-order valence-corrected chi connectivity index (χ3v) is 2.85. The zero-order chi connectivity index (χ0) is 14.5. The van der Waals surface area contributed by atoms with Gasteiger partial charge in [-0.1, -0.05) is 12.1 Å². The molecule has 2 N–H and O–H groups in total. The molecule has 0 aliphatic carbocycles. The lowest BCUT2D eigenvalue weighted by Gasteiger charge is -2.13. The quantitative estimate of drug-likeness (QED) is 0.868. The van der Waals surface area contributed by atoms with Crippen LogP contribution >= 0.6 is 0 Å². The van der Waals surface area contributed by atoms with Crippen molar-refractivity contribution in [1.82, 2.24) is 9.78 Å². The van der Waals surface area contributed by atoms with Crippen molar-refractivity contribution in [2.75, 3.05) is 5.32 Å². The number of anilines is 1. The number of nitrogens with zero attached hydrogens (tertiary/aromatic N) is 2. The summed E-state index contributed by atoms with van der Waals surface area (Å²) in [6.07, 6.45) is 3.25. The van der Waals surface area contributed by atoms with Gasteiger partial charge in [-0.3, -0.25) is 14.3 Å². The van der Waals surface area contributed by atoms with Crippen LogP contribution < -0.4 is 5.32 Å². The smallest absolute Gasteiger partial charge is 0.307 e. The van der Waals surface area contributed by atoms with Gasteiger partial charge in [-0.05, 0) is 30.7 Å². The Labute approximate surface area is 116 Å². The first-order chi connectivity index (χ1) is 9.56. The number of aliphatic carboxylic acids is 1. The lowest BCUT2D eigenvalue weighted by molar-refractivity contribution is -0.136. The summed E-state index contributed by atoms with van der Waals surface area (Å²) in [7, 11) is 0. The van der Waals surface area contributed by atoms with E-state index in [0.29, 0.717) is 11.3 Å². The van der Waals surface area contributed by atoms with Crippen LogP contribution in [-0.2, 0) is 16.0 Å². The molecule has 0 aliphatic rings. The summed E-state index contributed by atoms with van der Waals surface area (Å²) in [6, 6.07) is 8.11. The second kappa shape index (κ2) is 6.01. The van der Waals surface area contributed by atoms with Crippen molar-refractivity contribution in [3.05, 3.63) is 48.3 Å². The summed E-state index contributed by atoms with van der Waals surface area (Å²) >= 11 is 0. The highest BCUT2D eigenvalue weighted by molar-refractivity contribution is 5.93. The third kappa shape index (κ3) is 3.44. The second-order valence-corrected chi connectivity index (χ2v) is 4.42. The van der Waals surface area contributed by atoms with Gasteiger partial charge in [0.15, 0.2) is 0 Å². The molecule has 2 rings (SSSR count). The van der Waals surface area contributed by atoms with Gasteiger partial charge in [-0.25, -0.2) is 0 Å². The van der Waals surface area contributed by atoms with Crippen molar-refractivity contribution >= 4 is 17.6 Å². The number of amides is 1. The van der Waals surface area contributed by atoms with Crippen LogP contribution in [0.4, 0.5) is 5.69 Å². The van der Waals surface area contributed by atoms with Crippen LogP contribution in [-0.4, -0.2) is 26.8 Å². The van der Waals surface area contributed by atoms with Crippen molar-refractivity contribution in [3.63, 3.8) is 0 Å². The van der Waals surface area contributed by atoms with Gasteiger partial charge in [-0.15, -0.1) is 0 Å². The van der Waals surface area contributed by atoms with Crippen LogP contribution in [0.3, 0.4) is 0 Å². The number of aromatic nitrogens is 2. The molecule has 0 radical (unpaired) electrons. The maximum absolute atomic E-state index is 12.1. The Kier molecular flexibility index (Phi) is 4.14. The molecule has 0 fully saturated rings. The van der Waals surface area contributed by atoms with E-state index in [0.717, 1.165) is 0 Å². The fourth-order valence-electron chi connectivity index (χ4n) is 1.81. The Morgan fingerprint density at radius 1 is 1.40 bits per heavy atom. The van der Waals surface area contributed by atoms with E-state index in [-0.39, 0.29) is 12.3 Å². The zero-order valence-corrected chi connectivity index (χ0v) is 11.0. The molecule has 1 heterocycles. The molecule has 1 amide bonds. The third-order valence-electron chi connectivity index (χ3n) is 2.85. The summed E-state index contributed by atoms with van der Waals surface area (Å²) in [5.41, 5.74) is 1.22. The molecule has 0 saturated heterocycles. The van der Waals surface area contributed by atoms with Crippen LogP contribution in [0, 0.1) is 0 Å². The molecule has 0 bridgehead atoms. The first-order valence-corrected chi connectivity index (χ1v) is 6.17. The largest absolute Gasteiger partial charge is 0.481 e. The van der Waals surface area contributed by atoms with E-state index in [1.807, 2.05) is 0 Å². The number of carboxylic acid groups (broad SMARTS) is 1. The van der Waals surface area contributed by atoms with Crippen LogP contribution in [0.15, 0.2) is 42.7 Å². The number of carboxylic acids is 1. The van der Waals surface area contributed by atoms with E-state index in [4.69, 9.17) is 5.11 Å². The molecule has 1 aromatic carbocycles. The maximum Gasteiger partial charge on any atom is 0.307 e. The lowest BCUT2D eigenvalue weighted by Crippen LogP contribution is -2.24. The predicted octanol–water partition coefficient (Wildman–Crippen LogP) is 1.71. The minimum Gasteiger partial charge on any atom is -0.481 e. The van der Waals surface area contributed by atoms with Gasteiger partial charge in [0.05, 0.1) is 6.42 Å². The predicted molar refractivity (Wildman–Crippen MR) is 73.3 cm³/mol. The highest BCUT2D eigenvalue weighted by Crippen LogP contribution is 2.14. The molecule has 1 aromatic heterocycles. The number of hydrogen-bond donors (Lipinski definition) is 2. The number of rotatable bonds is 5. The monoisotopic (exact) mass is 273 g/mol.